The number of aryl methyl sites for hydroxylation is 1. The molecule has 0 spiro atoms. The fourth-order valence-electron chi connectivity index (χ4n) is 2.68. The first-order valence-corrected chi connectivity index (χ1v) is 6.23. The average Bonchev–Trinajstić information content (AvgIpc) is 2.75. The molecule has 3 nitrogen and oxygen atoms in total. The molecule has 1 aromatic heterocycles. The molecule has 0 radical (unpaired) electrons. The Morgan fingerprint density at radius 3 is 3.00 bits per heavy atom. The highest BCUT2D eigenvalue weighted by molar-refractivity contribution is 5.97. The van der Waals surface area contributed by atoms with E-state index in [0.717, 1.165) is 24.3 Å². The molecule has 0 aliphatic heterocycles. The molecule has 0 saturated heterocycles. The second-order valence-electron chi connectivity index (χ2n) is 4.90. The Bertz CT molecular complexity index is 370. The van der Waals surface area contributed by atoms with Crippen molar-refractivity contribution < 1.29 is 4.79 Å². The molecule has 16 heavy (non-hydrogen) atoms. The fourth-order valence-corrected chi connectivity index (χ4v) is 2.68. The van der Waals surface area contributed by atoms with E-state index in [1.54, 1.807) is 10.9 Å². The van der Waals surface area contributed by atoms with Gasteiger partial charge in [-0.25, -0.2) is 0 Å². The number of carbonyl (C=O) groups excluding carboxylic acids is 1. The minimum absolute atomic E-state index is 0.239. The first-order chi connectivity index (χ1) is 7.70. The van der Waals surface area contributed by atoms with Crippen LogP contribution in [0.3, 0.4) is 0 Å². The van der Waals surface area contributed by atoms with Crippen LogP contribution >= 0.6 is 0 Å². The number of rotatable bonds is 3. The van der Waals surface area contributed by atoms with Crippen molar-refractivity contribution in [1.29, 1.82) is 0 Å². The molecule has 1 saturated carbocycles. The normalized spacial score (nSPS) is 25.6. The van der Waals surface area contributed by atoms with Crippen LogP contribution in [-0.4, -0.2) is 15.6 Å². The van der Waals surface area contributed by atoms with E-state index in [0.29, 0.717) is 5.78 Å². The summed E-state index contributed by atoms with van der Waals surface area (Å²) >= 11 is 0. The summed E-state index contributed by atoms with van der Waals surface area (Å²) in [5, 5.41) is 4.07. The van der Waals surface area contributed by atoms with E-state index in [1.165, 1.54) is 19.3 Å². The Hall–Kier alpha value is -1.12. The van der Waals surface area contributed by atoms with Crippen molar-refractivity contribution in [3.05, 3.63) is 18.0 Å². The Morgan fingerprint density at radius 2 is 2.38 bits per heavy atom. The summed E-state index contributed by atoms with van der Waals surface area (Å²) in [7, 11) is 1.85. The zero-order chi connectivity index (χ0) is 11.5. The first kappa shape index (κ1) is 11.4. The fraction of sp³-hybridized carbons (Fsp3) is 0.692. The van der Waals surface area contributed by atoms with Gasteiger partial charge in [0.1, 0.15) is 0 Å². The summed E-state index contributed by atoms with van der Waals surface area (Å²) in [6.45, 7) is 2.22. The van der Waals surface area contributed by atoms with Gasteiger partial charge < -0.3 is 0 Å². The molecule has 2 unspecified atom stereocenters. The third kappa shape index (κ3) is 2.34. The van der Waals surface area contributed by atoms with Crippen LogP contribution in [0.15, 0.2) is 12.4 Å². The molecule has 0 amide bonds. The van der Waals surface area contributed by atoms with Crippen molar-refractivity contribution in [1.82, 2.24) is 9.78 Å². The summed E-state index contributed by atoms with van der Waals surface area (Å²) in [4.78, 5) is 12.2. The van der Waals surface area contributed by atoms with E-state index in [4.69, 9.17) is 0 Å². The molecular formula is C13H20N2O. The van der Waals surface area contributed by atoms with Gasteiger partial charge in [0.05, 0.1) is 11.8 Å². The minimum atomic E-state index is 0.239. The van der Waals surface area contributed by atoms with Crippen molar-refractivity contribution in [2.45, 2.75) is 39.0 Å². The van der Waals surface area contributed by atoms with Crippen LogP contribution in [0.2, 0.25) is 0 Å². The molecule has 2 atom stereocenters. The molecule has 0 bridgehead atoms. The van der Waals surface area contributed by atoms with E-state index in [1.807, 2.05) is 13.2 Å². The predicted molar refractivity (Wildman–Crippen MR) is 63.3 cm³/mol. The van der Waals surface area contributed by atoms with Gasteiger partial charge in [0.25, 0.3) is 0 Å². The molecule has 88 valence electrons. The number of Topliss-reactive ketones (excluding diaryl/α,β-unsaturated/α-hetero) is 1. The topological polar surface area (TPSA) is 34.9 Å². The monoisotopic (exact) mass is 220 g/mol. The molecular weight excluding hydrogens is 200 g/mol. The SMILES string of the molecule is CCC1CCCC(C(=O)c2cnn(C)c2)C1. The first-order valence-electron chi connectivity index (χ1n) is 6.23. The van der Waals surface area contributed by atoms with Gasteiger partial charge in [-0.1, -0.05) is 26.2 Å². The zero-order valence-electron chi connectivity index (χ0n) is 10.1. The highest BCUT2D eigenvalue weighted by atomic mass is 16.1. The van der Waals surface area contributed by atoms with Gasteiger partial charge >= 0.3 is 0 Å². The highest BCUT2D eigenvalue weighted by Gasteiger charge is 2.27. The minimum Gasteiger partial charge on any atom is -0.294 e. The number of hydrogen-bond acceptors (Lipinski definition) is 2. The lowest BCUT2D eigenvalue weighted by atomic mass is 9.77. The summed E-state index contributed by atoms with van der Waals surface area (Å²) in [5.41, 5.74) is 0.782. The lowest BCUT2D eigenvalue weighted by Crippen LogP contribution is -2.22. The summed E-state index contributed by atoms with van der Waals surface area (Å²) in [6, 6.07) is 0. The van der Waals surface area contributed by atoms with E-state index in [9.17, 15) is 4.79 Å². The van der Waals surface area contributed by atoms with Crippen molar-refractivity contribution in [2.75, 3.05) is 0 Å². The van der Waals surface area contributed by atoms with E-state index in [-0.39, 0.29) is 5.92 Å². The number of ketones is 1. The number of hydrogen-bond donors (Lipinski definition) is 0. The summed E-state index contributed by atoms with van der Waals surface area (Å²) in [5.74, 6) is 1.29. The molecule has 1 heterocycles. The van der Waals surface area contributed by atoms with E-state index >= 15 is 0 Å². The molecule has 1 aromatic rings. The summed E-state index contributed by atoms with van der Waals surface area (Å²) in [6.07, 6.45) is 9.36. The quantitative estimate of drug-likeness (QED) is 0.734. The zero-order valence-corrected chi connectivity index (χ0v) is 10.1. The van der Waals surface area contributed by atoms with Crippen molar-refractivity contribution in [2.24, 2.45) is 18.9 Å². The van der Waals surface area contributed by atoms with Gasteiger partial charge in [0.15, 0.2) is 5.78 Å². The molecule has 0 aromatic carbocycles. The smallest absolute Gasteiger partial charge is 0.169 e. The largest absolute Gasteiger partial charge is 0.294 e. The molecule has 1 fully saturated rings. The lowest BCUT2D eigenvalue weighted by molar-refractivity contribution is 0.0862. The maximum atomic E-state index is 12.2. The highest BCUT2D eigenvalue weighted by Crippen LogP contribution is 2.32. The number of aromatic nitrogens is 2. The van der Waals surface area contributed by atoms with E-state index in [2.05, 4.69) is 12.0 Å². The van der Waals surface area contributed by atoms with Gasteiger partial charge in [0.2, 0.25) is 0 Å². The summed E-state index contributed by atoms with van der Waals surface area (Å²) < 4.78 is 1.70. The second-order valence-corrected chi connectivity index (χ2v) is 4.90. The third-order valence-electron chi connectivity index (χ3n) is 3.72. The maximum Gasteiger partial charge on any atom is 0.169 e. The van der Waals surface area contributed by atoms with Crippen molar-refractivity contribution in [3.63, 3.8) is 0 Å². The van der Waals surface area contributed by atoms with E-state index < -0.39 is 0 Å². The second kappa shape index (κ2) is 4.81. The van der Waals surface area contributed by atoms with Crippen LogP contribution < -0.4 is 0 Å². The van der Waals surface area contributed by atoms with Crippen LogP contribution in [0.25, 0.3) is 0 Å². The molecule has 2 rings (SSSR count). The van der Waals surface area contributed by atoms with Gasteiger partial charge in [0, 0.05) is 19.2 Å². The Morgan fingerprint density at radius 1 is 1.56 bits per heavy atom. The van der Waals surface area contributed by atoms with Crippen LogP contribution in [0, 0.1) is 11.8 Å². The van der Waals surface area contributed by atoms with Crippen molar-refractivity contribution >= 4 is 5.78 Å². The lowest BCUT2D eigenvalue weighted by Gasteiger charge is -2.27. The third-order valence-corrected chi connectivity index (χ3v) is 3.72. The molecule has 0 N–H and O–H groups in total. The average molecular weight is 220 g/mol. The predicted octanol–water partition coefficient (Wildman–Crippen LogP) is 2.82. The van der Waals surface area contributed by atoms with Gasteiger partial charge in [-0.2, -0.15) is 5.10 Å². The Balaban J connectivity index is 2.04. The number of carbonyl (C=O) groups is 1. The van der Waals surface area contributed by atoms with Crippen LogP contribution in [0.4, 0.5) is 0 Å². The van der Waals surface area contributed by atoms with Crippen molar-refractivity contribution in [3.8, 4) is 0 Å². The van der Waals surface area contributed by atoms with Gasteiger partial charge in [-0.15, -0.1) is 0 Å². The number of nitrogens with zero attached hydrogens (tertiary/aromatic N) is 2. The maximum absolute atomic E-state index is 12.2. The van der Waals surface area contributed by atoms with Crippen LogP contribution in [0.1, 0.15) is 49.4 Å². The molecule has 1 aliphatic carbocycles. The van der Waals surface area contributed by atoms with Crippen LogP contribution in [0.5, 0.6) is 0 Å². The Kier molecular flexibility index (Phi) is 3.42. The molecule has 1 aliphatic rings. The standard InChI is InChI=1S/C13H20N2O/c1-3-10-5-4-6-11(7-10)13(16)12-8-14-15(2)9-12/h8-11H,3-7H2,1-2H3. The Labute approximate surface area is 96.8 Å². The van der Waals surface area contributed by atoms with Gasteiger partial charge in [-0.3, -0.25) is 9.48 Å². The van der Waals surface area contributed by atoms with Crippen LogP contribution in [-0.2, 0) is 7.05 Å². The van der Waals surface area contributed by atoms with Gasteiger partial charge in [-0.05, 0) is 18.8 Å². The molecule has 3 heteroatoms.